The molecule has 0 fully saturated rings. The second-order valence-corrected chi connectivity index (χ2v) is 7.28. The molecule has 1 aliphatic heterocycles. The van der Waals surface area contributed by atoms with E-state index in [2.05, 4.69) is 5.32 Å². The van der Waals surface area contributed by atoms with Gasteiger partial charge in [-0.15, -0.1) is 0 Å². The summed E-state index contributed by atoms with van der Waals surface area (Å²) in [6.45, 7) is 4.21. The van der Waals surface area contributed by atoms with Crippen LogP contribution >= 0.6 is 11.8 Å². The predicted molar refractivity (Wildman–Crippen MR) is 104 cm³/mol. The van der Waals surface area contributed by atoms with Crippen molar-refractivity contribution in [1.82, 2.24) is 4.90 Å². The van der Waals surface area contributed by atoms with Crippen LogP contribution in [0.15, 0.2) is 42.5 Å². The molecule has 0 atom stereocenters. The van der Waals surface area contributed by atoms with Crippen LogP contribution in [0.2, 0.25) is 0 Å². The molecule has 1 aliphatic rings. The Kier molecular flexibility index (Phi) is 5.42. The molecular weight excluding hydrogens is 348 g/mol. The number of para-hydroxylation sites is 1. The first-order chi connectivity index (χ1) is 12.5. The number of imide groups is 1. The number of hydrogen-bond donors (Lipinski definition) is 1. The standard InChI is InChI=1S/C20H20N2O3S/c1-13-6-5-7-14(2)18(13)21-17(23)12-26-11-10-22-19(24)15-8-3-4-9-16(15)20(22)25/h3-9H,10-12H2,1-2H3,(H,21,23). The number of aryl methyl sites for hydroxylation is 2. The van der Waals surface area contributed by atoms with Crippen LogP contribution in [0.1, 0.15) is 31.8 Å². The number of fused-ring (bicyclic) bond motifs is 1. The highest BCUT2D eigenvalue weighted by molar-refractivity contribution is 7.99. The van der Waals surface area contributed by atoms with Crippen LogP contribution in [0.5, 0.6) is 0 Å². The number of carbonyl (C=O) groups is 3. The third-order valence-electron chi connectivity index (χ3n) is 4.32. The maximum absolute atomic E-state index is 12.3. The van der Waals surface area contributed by atoms with Crippen molar-refractivity contribution in [3.8, 4) is 0 Å². The van der Waals surface area contributed by atoms with Gasteiger partial charge in [-0.1, -0.05) is 30.3 Å². The summed E-state index contributed by atoms with van der Waals surface area (Å²) in [4.78, 5) is 37.9. The van der Waals surface area contributed by atoms with Gasteiger partial charge in [-0.25, -0.2) is 0 Å². The molecule has 3 amide bonds. The normalized spacial score (nSPS) is 13.1. The van der Waals surface area contributed by atoms with Crippen molar-refractivity contribution in [3.05, 3.63) is 64.7 Å². The lowest BCUT2D eigenvalue weighted by molar-refractivity contribution is -0.113. The zero-order valence-electron chi connectivity index (χ0n) is 14.7. The van der Waals surface area contributed by atoms with Crippen molar-refractivity contribution < 1.29 is 14.4 Å². The molecule has 0 spiro atoms. The maximum atomic E-state index is 12.3. The van der Waals surface area contributed by atoms with Crippen molar-refractivity contribution >= 4 is 35.2 Å². The summed E-state index contributed by atoms with van der Waals surface area (Å²) in [7, 11) is 0. The molecule has 0 aliphatic carbocycles. The second-order valence-electron chi connectivity index (χ2n) is 6.18. The highest BCUT2D eigenvalue weighted by Gasteiger charge is 2.34. The summed E-state index contributed by atoms with van der Waals surface area (Å²) in [5, 5.41) is 2.93. The van der Waals surface area contributed by atoms with E-state index < -0.39 is 0 Å². The molecule has 1 N–H and O–H groups in total. The van der Waals surface area contributed by atoms with Gasteiger partial charge in [0.1, 0.15) is 0 Å². The van der Waals surface area contributed by atoms with E-state index in [-0.39, 0.29) is 23.5 Å². The first kappa shape index (κ1) is 18.2. The Labute approximate surface area is 156 Å². The van der Waals surface area contributed by atoms with Crippen molar-refractivity contribution in [2.45, 2.75) is 13.8 Å². The van der Waals surface area contributed by atoms with Crippen molar-refractivity contribution in [3.63, 3.8) is 0 Å². The third kappa shape index (κ3) is 3.65. The summed E-state index contributed by atoms with van der Waals surface area (Å²) in [5.41, 5.74) is 3.80. The van der Waals surface area contributed by atoms with Crippen LogP contribution in [-0.2, 0) is 4.79 Å². The molecule has 0 radical (unpaired) electrons. The van der Waals surface area contributed by atoms with Crippen LogP contribution in [0, 0.1) is 13.8 Å². The minimum Gasteiger partial charge on any atom is -0.325 e. The summed E-state index contributed by atoms with van der Waals surface area (Å²) in [6, 6.07) is 12.7. The van der Waals surface area contributed by atoms with Crippen LogP contribution < -0.4 is 5.32 Å². The Bertz CT molecular complexity index is 824. The molecule has 134 valence electrons. The third-order valence-corrected chi connectivity index (χ3v) is 5.25. The van der Waals surface area contributed by atoms with Gasteiger partial charge < -0.3 is 5.32 Å². The molecule has 6 heteroatoms. The van der Waals surface area contributed by atoms with E-state index in [1.165, 1.54) is 16.7 Å². The Morgan fingerprint density at radius 3 is 2.12 bits per heavy atom. The molecule has 5 nitrogen and oxygen atoms in total. The monoisotopic (exact) mass is 368 g/mol. The Hall–Kier alpha value is -2.60. The Balaban J connectivity index is 1.48. The predicted octanol–water partition coefficient (Wildman–Crippen LogP) is 3.27. The topological polar surface area (TPSA) is 66.5 Å². The molecule has 2 aromatic rings. The summed E-state index contributed by atoms with van der Waals surface area (Å²) in [5.74, 6) is 0.190. The number of rotatable bonds is 6. The molecular formula is C20H20N2O3S. The molecule has 0 bridgehead atoms. The first-order valence-corrected chi connectivity index (χ1v) is 9.53. The summed E-state index contributed by atoms with van der Waals surface area (Å²) < 4.78 is 0. The van der Waals surface area contributed by atoms with E-state index in [0.29, 0.717) is 23.4 Å². The van der Waals surface area contributed by atoms with Gasteiger partial charge in [-0.05, 0) is 37.1 Å². The zero-order chi connectivity index (χ0) is 18.7. The highest BCUT2D eigenvalue weighted by Crippen LogP contribution is 2.23. The largest absolute Gasteiger partial charge is 0.325 e. The summed E-state index contributed by atoms with van der Waals surface area (Å²) in [6.07, 6.45) is 0. The number of nitrogens with zero attached hydrogens (tertiary/aromatic N) is 1. The van der Waals surface area contributed by atoms with Gasteiger partial charge in [0.05, 0.1) is 16.9 Å². The Morgan fingerprint density at radius 1 is 0.962 bits per heavy atom. The van der Waals surface area contributed by atoms with Crippen molar-refractivity contribution in [2.75, 3.05) is 23.4 Å². The number of nitrogens with one attached hydrogen (secondary N) is 1. The van der Waals surface area contributed by atoms with Crippen molar-refractivity contribution in [1.29, 1.82) is 0 Å². The van der Waals surface area contributed by atoms with Crippen LogP contribution in [-0.4, -0.2) is 40.7 Å². The lowest BCUT2D eigenvalue weighted by Gasteiger charge is -2.14. The smallest absolute Gasteiger partial charge is 0.261 e. The zero-order valence-corrected chi connectivity index (χ0v) is 15.6. The van der Waals surface area contributed by atoms with E-state index in [0.717, 1.165) is 16.8 Å². The molecule has 0 unspecified atom stereocenters. The number of hydrogen-bond acceptors (Lipinski definition) is 4. The minimum atomic E-state index is -0.258. The lowest BCUT2D eigenvalue weighted by Crippen LogP contribution is -2.32. The fraction of sp³-hybridized carbons (Fsp3) is 0.250. The van der Waals surface area contributed by atoms with E-state index in [1.54, 1.807) is 24.3 Å². The van der Waals surface area contributed by atoms with Gasteiger partial charge in [-0.3, -0.25) is 19.3 Å². The van der Waals surface area contributed by atoms with Gasteiger partial charge in [0.25, 0.3) is 11.8 Å². The average molecular weight is 368 g/mol. The van der Waals surface area contributed by atoms with E-state index >= 15 is 0 Å². The minimum absolute atomic E-state index is 0.0882. The van der Waals surface area contributed by atoms with Crippen molar-refractivity contribution in [2.24, 2.45) is 0 Å². The summed E-state index contributed by atoms with van der Waals surface area (Å²) >= 11 is 1.40. The van der Waals surface area contributed by atoms with Gasteiger partial charge in [0, 0.05) is 18.0 Å². The SMILES string of the molecule is Cc1cccc(C)c1NC(=O)CSCCN1C(=O)c2ccccc2C1=O. The fourth-order valence-electron chi connectivity index (χ4n) is 2.95. The first-order valence-electron chi connectivity index (χ1n) is 8.38. The molecule has 2 aromatic carbocycles. The number of anilines is 1. The average Bonchev–Trinajstić information content (AvgIpc) is 2.87. The van der Waals surface area contributed by atoms with Crippen LogP contribution in [0.3, 0.4) is 0 Å². The quantitative estimate of drug-likeness (QED) is 0.628. The van der Waals surface area contributed by atoms with Gasteiger partial charge in [0.2, 0.25) is 5.91 Å². The van der Waals surface area contributed by atoms with E-state index in [1.807, 2.05) is 32.0 Å². The fourth-order valence-corrected chi connectivity index (χ4v) is 3.66. The molecule has 3 rings (SSSR count). The van der Waals surface area contributed by atoms with Gasteiger partial charge in [-0.2, -0.15) is 11.8 Å². The van der Waals surface area contributed by atoms with Crippen LogP contribution in [0.4, 0.5) is 5.69 Å². The number of thioether (sulfide) groups is 1. The molecule has 0 aromatic heterocycles. The lowest BCUT2D eigenvalue weighted by atomic mass is 10.1. The molecule has 0 saturated carbocycles. The molecule has 0 saturated heterocycles. The number of amides is 3. The molecule has 1 heterocycles. The van der Waals surface area contributed by atoms with Crippen LogP contribution in [0.25, 0.3) is 0 Å². The maximum Gasteiger partial charge on any atom is 0.261 e. The van der Waals surface area contributed by atoms with Gasteiger partial charge >= 0.3 is 0 Å². The second kappa shape index (κ2) is 7.74. The Morgan fingerprint density at radius 2 is 1.54 bits per heavy atom. The molecule has 26 heavy (non-hydrogen) atoms. The van der Waals surface area contributed by atoms with E-state index in [9.17, 15) is 14.4 Å². The van der Waals surface area contributed by atoms with E-state index in [4.69, 9.17) is 0 Å². The van der Waals surface area contributed by atoms with Gasteiger partial charge in [0.15, 0.2) is 0 Å². The highest BCUT2D eigenvalue weighted by atomic mass is 32.2. The number of benzene rings is 2. The number of carbonyl (C=O) groups excluding carboxylic acids is 3.